The van der Waals surface area contributed by atoms with Gasteiger partial charge < -0.3 is 5.32 Å². The van der Waals surface area contributed by atoms with Crippen LogP contribution in [0.25, 0.3) is 0 Å². The van der Waals surface area contributed by atoms with Gasteiger partial charge in [-0.1, -0.05) is 31.2 Å². The van der Waals surface area contributed by atoms with E-state index in [1.54, 1.807) is 25.1 Å². The number of halogens is 2. The van der Waals surface area contributed by atoms with E-state index in [2.05, 4.69) is 5.32 Å². The molecular formula is C16H17F2N. The Hall–Kier alpha value is -1.74. The molecule has 2 aromatic rings. The summed E-state index contributed by atoms with van der Waals surface area (Å²) in [6, 6.07) is 11.3. The summed E-state index contributed by atoms with van der Waals surface area (Å²) >= 11 is 0. The minimum absolute atomic E-state index is 0.125. The lowest BCUT2D eigenvalue weighted by molar-refractivity contribution is 0.596. The van der Waals surface area contributed by atoms with Crippen LogP contribution in [-0.4, -0.2) is 6.54 Å². The van der Waals surface area contributed by atoms with Crippen molar-refractivity contribution >= 4 is 0 Å². The Balaban J connectivity index is 2.42. The molecule has 0 aliphatic heterocycles. The van der Waals surface area contributed by atoms with Gasteiger partial charge in [0.25, 0.3) is 0 Å². The van der Waals surface area contributed by atoms with E-state index in [1.807, 2.05) is 13.0 Å². The molecule has 0 aliphatic carbocycles. The molecule has 0 saturated carbocycles. The van der Waals surface area contributed by atoms with E-state index in [0.29, 0.717) is 5.56 Å². The fourth-order valence-corrected chi connectivity index (χ4v) is 2.17. The van der Waals surface area contributed by atoms with E-state index in [0.717, 1.165) is 17.7 Å². The molecule has 19 heavy (non-hydrogen) atoms. The Kier molecular flexibility index (Phi) is 4.27. The van der Waals surface area contributed by atoms with Gasteiger partial charge in [-0.05, 0) is 48.4 Å². The summed E-state index contributed by atoms with van der Waals surface area (Å²) in [5.41, 5.74) is 2.37. The molecule has 0 amide bonds. The molecule has 3 heteroatoms. The number of nitrogens with one attached hydrogen (secondary N) is 1. The summed E-state index contributed by atoms with van der Waals surface area (Å²) in [6.07, 6.45) is 0. The minimum Gasteiger partial charge on any atom is -0.307 e. The van der Waals surface area contributed by atoms with Crippen LogP contribution in [0.5, 0.6) is 0 Å². The average molecular weight is 261 g/mol. The monoisotopic (exact) mass is 261 g/mol. The third-order valence-electron chi connectivity index (χ3n) is 3.11. The van der Waals surface area contributed by atoms with E-state index in [4.69, 9.17) is 0 Å². The van der Waals surface area contributed by atoms with Crippen molar-refractivity contribution in [3.05, 3.63) is 70.8 Å². The first-order chi connectivity index (χ1) is 9.11. The van der Waals surface area contributed by atoms with Crippen LogP contribution in [0.3, 0.4) is 0 Å². The third kappa shape index (κ3) is 3.18. The second-order valence-corrected chi connectivity index (χ2v) is 4.55. The normalized spacial score (nSPS) is 12.4. The molecule has 0 aromatic heterocycles. The molecular weight excluding hydrogens is 244 g/mol. The SMILES string of the molecule is CCNC(c1cccc(F)c1)c1ccc(F)c(C)c1. The molecule has 0 heterocycles. The lowest BCUT2D eigenvalue weighted by Crippen LogP contribution is -2.22. The lowest BCUT2D eigenvalue weighted by atomic mass is 9.97. The molecule has 100 valence electrons. The summed E-state index contributed by atoms with van der Waals surface area (Å²) in [5, 5.41) is 3.30. The van der Waals surface area contributed by atoms with Crippen molar-refractivity contribution in [3.63, 3.8) is 0 Å². The van der Waals surface area contributed by atoms with Gasteiger partial charge in [-0.3, -0.25) is 0 Å². The zero-order chi connectivity index (χ0) is 13.8. The molecule has 0 saturated heterocycles. The third-order valence-corrected chi connectivity index (χ3v) is 3.11. The Bertz CT molecular complexity index is 566. The first-order valence-electron chi connectivity index (χ1n) is 6.36. The first kappa shape index (κ1) is 13.7. The highest BCUT2D eigenvalue weighted by atomic mass is 19.1. The molecule has 2 rings (SSSR count). The Morgan fingerprint density at radius 1 is 1.05 bits per heavy atom. The number of hydrogen-bond acceptors (Lipinski definition) is 1. The summed E-state index contributed by atoms with van der Waals surface area (Å²) in [4.78, 5) is 0. The highest BCUT2D eigenvalue weighted by molar-refractivity contribution is 5.34. The van der Waals surface area contributed by atoms with Crippen molar-refractivity contribution < 1.29 is 8.78 Å². The number of aryl methyl sites for hydroxylation is 1. The van der Waals surface area contributed by atoms with Crippen molar-refractivity contribution in [2.75, 3.05) is 6.54 Å². The van der Waals surface area contributed by atoms with Gasteiger partial charge in [-0.25, -0.2) is 8.78 Å². The van der Waals surface area contributed by atoms with Gasteiger partial charge in [0.2, 0.25) is 0 Å². The molecule has 0 fully saturated rings. The summed E-state index contributed by atoms with van der Waals surface area (Å²) in [7, 11) is 0. The number of benzene rings is 2. The van der Waals surface area contributed by atoms with Crippen LogP contribution in [0, 0.1) is 18.6 Å². The zero-order valence-corrected chi connectivity index (χ0v) is 11.1. The van der Waals surface area contributed by atoms with Crippen LogP contribution in [0.15, 0.2) is 42.5 Å². The standard InChI is InChI=1S/C16H17F2N/c1-3-19-16(12-5-4-6-14(17)10-12)13-7-8-15(18)11(2)9-13/h4-10,16,19H,3H2,1-2H3. The molecule has 0 bridgehead atoms. The van der Waals surface area contributed by atoms with Crippen LogP contribution in [-0.2, 0) is 0 Å². The van der Waals surface area contributed by atoms with Gasteiger partial charge in [0, 0.05) is 0 Å². The van der Waals surface area contributed by atoms with E-state index in [-0.39, 0.29) is 17.7 Å². The van der Waals surface area contributed by atoms with Crippen LogP contribution in [0.1, 0.15) is 29.7 Å². The van der Waals surface area contributed by atoms with Crippen LogP contribution < -0.4 is 5.32 Å². The molecule has 1 N–H and O–H groups in total. The van der Waals surface area contributed by atoms with Gasteiger partial charge in [-0.2, -0.15) is 0 Å². The predicted molar refractivity (Wildman–Crippen MR) is 73.1 cm³/mol. The van der Waals surface area contributed by atoms with Crippen molar-refractivity contribution in [1.82, 2.24) is 5.32 Å². The molecule has 1 nitrogen and oxygen atoms in total. The maximum Gasteiger partial charge on any atom is 0.126 e. The maximum atomic E-state index is 13.3. The lowest BCUT2D eigenvalue weighted by Gasteiger charge is -2.19. The van der Waals surface area contributed by atoms with Gasteiger partial charge in [0.1, 0.15) is 11.6 Å². The van der Waals surface area contributed by atoms with E-state index < -0.39 is 0 Å². The zero-order valence-electron chi connectivity index (χ0n) is 11.1. The molecule has 1 atom stereocenters. The quantitative estimate of drug-likeness (QED) is 0.878. The maximum absolute atomic E-state index is 13.3. The summed E-state index contributed by atoms with van der Waals surface area (Å²) in [6.45, 7) is 4.47. The number of hydrogen-bond donors (Lipinski definition) is 1. The fraction of sp³-hybridized carbons (Fsp3) is 0.250. The molecule has 0 radical (unpaired) electrons. The van der Waals surface area contributed by atoms with Gasteiger partial charge in [0.05, 0.1) is 6.04 Å². The second kappa shape index (κ2) is 5.93. The van der Waals surface area contributed by atoms with Crippen LogP contribution in [0.2, 0.25) is 0 Å². The van der Waals surface area contributed by atoms with E-state index in [1.165, 1.54) is 18.2 Å². The Morgan fingerprint density at radius 3 is 2.42 bits per heavy atom. The first-order valence-corrected chi connectivity index (χ1v) is 6.36. The minimum atomic E-state index is -0.265. The highest BCUT2D eigenvalue weighted by Crippen LogP contribution is 2.24. The van der Waals surface area contributed by atoms with Crippen molar-refractivity contribution in [1.29, 1.82) is 0 Å². The molecule has 2 aromatic carbocycles. The predicted octanol–water partition coefficient (Wildman–Crippen LogP) is 3.97. The Morgan fingerprint density at radius 2 is 1.79 bits per heavy atom. The van der Waals surface area contributed by atoms with E-state index >= 15 is 0 Å². The fourth-order valence-electron chi connectivity index (χ4n) is 2.17. The van der Waals surface area contributed by atoms with Gasteiger partial charge in [-0.15, -0.1) is 0 Å². The second-order valence-electron chi connectivity index (χ2n) is 4.55. The Labute approximate surface area is 112 Å². The molecule has 0 spiro atoms. The smallest absolute Gasteiger partial charge is 0.126 e. The highest BCUT2D eigenvalue weighted by Gasteiger charge is 2.14. The summed E-state index contributed by atoms with van der Waals surface area (Å²) < 4.78 is 26.7. The summed E-state index contributed by atoms with van der Waals surface area (Å²) in [5.74, 6) is -0.488. The van der Waals surface area contributed by atoms with Crippen molar-refractivity contribution in [2.24, 2.45) is 0 Å². The van der Waals surface area contributed by atoms with Crippen LogP contribution >= 0.6 is 0 Å². The topological polar surface area (TPSA) is 12.0 Å². The largest absolute Gasteiger partial charge is 0.307 e. The van der Waals surface area contributed by atoms with E-state index in [9.17, 15) is 8.78 Å². The molecule has 0 aliphatic rings. The molecule has 1 unspecified atom stereocenters. The van der Waals surface area contributed by atoms with Crippen molar-refractivity contribution in [2.45, 2.75) is 19.9 Å². The van der Waals surface area contributed by atoms with Crippen LogP contribution in [0.4, 0.5) is 8.78 Å². The van der Waals surface area contributed by atoms with Gasteiger partial charge >= 0.3 is 0 Å². The number of rotatable bonds is 4. The van der Waals surface area contributed by atoms with Crippen molar-refractivity contribution in [3.8, 4) is 0 Å². The van der Waals surface area contributed by atoms with Gasteiger partial charge in [0.15, 0.2) is 0 Å². The average Bonchev–Trinajstić information content (AvgIpc) is 2.39.